The van der Waals surface area contributed by atoms with Crippen LogP contribution in [0.1, 0.15) is 44.7 Å². The average Bonchev–Trinajstić information content (AvgIpc) is 3.23. The monoisotopic (exact) mass is 262 g/mol. The van der Waals surface area contributed by atoms with Crippen molar-refractivity contribution >= 4 is 0 Å². The number of nitrogens with zero attached hydrogens (tertiary/aromatic N) is 1. The van der Waals surface area contributed by atoms with Crippen LogP contribution in [0.4, 0.5) is 0 Å². The summed E-state index contributed by atoms with van der Waals surface area (Å²) in [6, 6.07) is 8.96. The summed E-state index contributed by atoms with van der Waals surface area (Å²) in [5.41, 5.74) is 7.53. The predicted octanol–water partition coefficient (Wildman–Crippen LogP) is 2.96. The molecule has 19 heavy (non-hydrogen) atoms. The van der Waals surface area contributed by atoms with E-state index in [1.165, 1.54) is 19.3 Å². The van der Waals surface area contributed by atoms with Crippen LogP contribution in [0, 0.1) is 0 Å². The molecule has 3 nitrogen and oxygen atoms in total. The lowest BCUT2D eigenvalue weighted by molar-refractivity contribution is 0.245. The van der Waals surface area contributed by atoms with Gasteiger partial charge in [-0.05, 0) is 38.8 Å². The molecule has 0 radical (unpaired) electrons. The van der Waals surface area contributed by atoms with Gasteiger partial charge in [0, 0.05) is 24.2 Å². The van der Waals surface area contributed by atoms with Crippen molar-refractivity contribution in [2.75, 3.05) is 19.7 Å². The Morgan fingerprint density at radius 1 is 1.32 bits per heavy atom. The SMILES string of the molecule is CCCN(CC(N)c1ccccc1OCC)C1CC1. The Kier molecular flexibility index (Phi) is 5.23. The van der Waals surface area contributed by atoms with Gasteiger partial charge in [0.15, 0.2) is 0 Å². The number of hydrogen-bond donors (Lipinski definition) is 1. The first-order valence-electron chi connectivity index (χ1n) is 7.47. The molecule has 2 rings (SSSR count). The van der Waals surface area contributed by atoms with E-state index in [2.05, 4.69) is 17.9 Å². The first-order chi connectivity index (χ1) is 9.26. The standard InChI is InChI=1S/C16H26N2O/c1-3-11-18(13-9-10-13)12-15(17)14-7-5-6-8-16(14)19-4-2/h5-8,13,15H,3-4,9-12,17H2,1-2H3. The normalized spacial score (nSPS) is 16.6. The van der Waals surface area contributed by atoms with Gasteiger partial charge in [-0.1, -0.05) is 25.1 Å². The third kappa shape index (κ3) is 3.95. The number of benzene rings is 1. The van der Waals surface area contributed by atoms with Crippen molar-refractivity contribution in [3.8, 4) is 5.75 Å². The smallest absolute Gasteiger partial charge is 0.124 e. The highest BCUT2D eigenvalue weighted by Gasteiger charge is 2.29. The van der Waals surface area contributed by atoms with E-state index in [1.807, 2.05) is 25.1 Å². The van der Waals surface area contributed by atoms with Crippen molar-refractivity contribution in [2.45, 2.75) is 45.2 Å². The molecule has 2 N–H and O–H groups in total. The van der Waals surface area contributed by atoms with Gasteiger partial charge in [0.1, 0.15) is 5.75 Å². The van der Waals surface area contributed by atoms with Gasteiger partial charge in [0.25, 0.3) is 0 Å². The minimum atomic E-state index is 0.0369. The summed E-state index contributed by atoms with van der Waals surface area (Å²) in [4.78, 5) is 2.54. The molecule has 1 aromatic carbocycles. The third-order valence-electron chi connectivity index (χ3n) is 3.62. The Morgan fingerprint density at radius 3 is 2.68 bits per heavy atom. The molecule has 1 aliphatic carbocycles. The van der Waals surface area contributed by atoms with E-state index >= 15 is 0 Å². The Labute approximate surface area is 116 Å². The molecular weight excluding hydrogens is 236 g/mol. The van der Waals surface area contributed by atoms with Crippen LogP contribution in [-0.4, -0.2) is 30.6 Å². The highest BCUT2D eigenvalue weighted by Crippen LogP contribution is 2.30. The molecule has 1 saturated carbocycles. The Bertz CT molecular complexity index is 390. The fraction of sp³-hybridized carbons (Fsp3) is 0.625. The average molecular weight is 262 g/mol. The summed E-state index contributed by atoms with van der Waals surface area (Å²) in [5.74, 6) is 0.935. The van der Waals surface area contributed by atoms with Crippen LogP contribution in [0.2, 0.25) is 0 Å². The van der Waals surface area contributed by atoms with Crippen molar-refractivity contribution in [1.29, 1.82) is 0 Å². The van der Waals surface area contributed by atoms with Gasteiger partial charge in [-0.15, -0.1) is 0 Å². The molecule has 3 heteroatoms. The van der Waals surface area contributed by atoms with Crippen LogP contribution >= 0.6 is 0 Å². The number of para-hydroxylation sites is 1. The maximum Gasteiger partial charge on any atom is 0.124 e. The zero-order valence-corrected chi connectivity index (χ0v) is 12.1. The molecule has 0 bridgehead atoms. The third-order valence-corrected chi connectivity index (χ3v) is 3.62. The largest absolute Gasteiger partial charge is 0.494 e. The molecule has 1 atom stereocenters. The van der Waals surface area contributed by atoms with Crippen LogP contribution < -0.4 is 10.5 Å². The molecule has 1 unspecified atom stereocenters. The second-order valence-electron chi connectivity index (χ2n) is 5.30. The Hall–Kier alpha value is -1.06. The summed E-state index contributed by atoms with van der Waals surface area (Å²) < 4.78 is 5.68. The predicted molar refractivity (Wildman–Crippen MR) is 79.4 cm³/mol. The van der Waals surface area contributed by atoms with Crippen molar-refractivity contribution < 1.29 is 4.74 Å². The summed E-state index contributed by atoms with van der Waals surface area (Å²) in [5, 5.41) is 0. The second kappa shape index (κ2) is 6.92. The van der Waals surface area contributed by atoms with Gasteiger partial charge in [-0.2, -0.15) is 0 Å². The van der Waals surface area contributed by atoms with Crippen molar-refractivity contribution in [3.05, 3.63) is 29.8 Å². The molecule has 0 spiro atoms. The maximum atomic E-state index is 6.40. The van der Waals surface area contributed by atoms with Crippen molar-refractivity contribution in [2.24, 2.45) is 5.73 Å². The topological polar surface area (TPSA) is 38.5 Å². The summed E-state index contributed by atoms with van der Waals surface area (Å²) >= 11 is 0. The molecule has 1 aliphatic rings. The first kappa shape index (κ1) is 14.4. The minimum Gasteiger partial charge on any atom is -0.494 e. The van der Waals surface area contributed by atoms with Gasteiger partial charge in [-0.25, -0.2) is 0 Å². The van der Waals surface area contributed by atoms with Crippen LogP contribution in [0.3, 0.4) is 0 Å². The molecule has 0 aliphatic heterocycles. The maximum absolute atomic E-state index is 6.40. The Morgan fingerprint density at radius 2 is 2.05 bits per heavy atom. The molecule has 0 saturated heterocycles. The van der Waals surface area contributed by atoms with Crippen LogP contribution in [0.25, 0.3) is 0 Å². The highest BCUT2D eigenvalue weighted by atomic mass is 16.5. The van der Waals surface area contributed by atoms with Crippen LogP contribution in [-0.2, 0) is 0 Å². The van der Waals surface area contributed by atoms with Crippen LogP contribution in [0.15, 0.2) is 24.3 Å². The fourth-order valence-electron chi connectivity index (χ4n) is 2.57. The number of ether oxygens (including phenoxy) is 1. The highest BCUT2D eigenvalue weighted by molar-refractivity contribution is 5.36. The minimum absolute atomic E-state index is 0.0369. The molecule has 0 heterocycles. The van der Waals surface area contributed by atoms with E-state index in [0.29, 0.717) is 6.61 Å². The van der Waals surface area contributed by atoms with Gasteiger partial charge in [0.2, 0.25) is 0 Å². The number of hydrogen-bond acceptors (Lipinski definition) is 3. The lowest BCUT2D eigenvalue weighted by Gasteiger charge is -2.26. The quantitative estimate of drug-likeness (QED) is 0.783. The van der Waals surface area contributed by atoms with E-state index in [4.69, 9.17) is 10.5 Å². The summed E-state index contributed by atoms with van der Waals surface area (Å²) in [7, 11) is 0. The lowest BCUT2D eigenvalue weighted by atomic mass is 10.1. The molecule has 1 fully saturated rings. The van der Waals surface area contributed by atoms with Crippen LogP contribution in [0.5, 0.6) is 5.75 Å². The molecule has 1 aromatic rings. The van der Waals surface area contributed by atoms with Gasteiger partial charge < -0.3 is 10.5 Å². The van der Waals surface area contributed by atoms with Gasteiger partial charge in [-0.3, -0.25) is 4.90 Å². The fourth-order valence-corrected chi connectivity index (χ4v) is 2.57. The Balaban J connectivity index is 2.03. The van der Waals surface area contributed by atoms with Gasteiger partial charge in [0.05, 0.1) is 6.61 Å². The molecule has 106 valence electrons. The second-order valence-corrected chi connectivity index (χ2v) is 5.30. The van der Waals surface area contributed by atoms with E-state index < -0.39 is 0 Å². The first-order valence-corrected chi connectivity index (χ1v) is 7.47. The number of nitrogens with two attached hydrogens (primary N) is 1. The van der Waals surface area contributed by atoms with E-state index in [9.17, 15) is 0 Å². The van der Waals surface area contributed by atoms with Crippen molar-refractivity contribution in [3.63, 3.8) is 0 Å². The molecular formula is C16H26N2O. The molecule has 0 aromatic heterocycles. The zero-order chi connectivity index (χ0) is 13.7. The number of rotatable bonds is 8. The van der Waals surface area contributed by atoms with E-state index in [1.54, 1.807) is 0 Å². The zero-order valence-electron chi connectivity index (χ0n) is 12.1. The van der Waals surface area contributed by atoms with Crippen molar-refractivity contribution in [1.82, 2.24) is 4.90 Å². The van der Waals surface area contributed by atoms with E-state index in [0.717, 1.165) is 30.4 Å². The summed E-state index contributed by atoms with van der Waals surface area (Å²) in [6.45, 7) is 7.01. The lowest BCUT2D eigenvalue weighted by Crippen LogP contribution is -2.34. The van der Waals surface area contributed by atoms with Gasteiger partial charge >= 0.3 is 0 Å². The molecule has 0 amide bonds. The summed E-state index contributed by atoms with van der Waals surface area (Å²) in [6.07, 6.45) is 3.86. The van der Waals surface area contributed by atoms with E-state index in [-0.39, 0.29) is 6.04 Å².